The largest absolute Gasteiger partial charge is 0.497 e. The average molecular weight is 556 g/mol. The number of unbranched alkanes of at least 4 members (excludes halogenated alkanes) is 3. The Balaban J connectivity index is 2.53. The van der Waals surface area contributed by atoms with E-state index < -0.39 is 42.2 Å². The van der Waals surface area contributed by atoms with Gasteiger partial charge in [-0.2, -0.15) is 0 Å². The third-order valence-electron chi connectivity index (χ3n) is 6.44. The molecule has 0 aliphatic heterocycles. The molecule has 0 aromatic heterocycles. The van der Waals surface area contributed by atoms with Crippen LogP contribution in [0.15, 0.2) is 42.5 Å². The number of alkyl carbamates (subject to hydrolysis) is 1. The summed E-state index contributed by atoms with van der Waals surface area (Å²) in [5.41, 5.74) is 2.16. The van der Waals surface area contributed by atoms with Crippen LogP contribution in [0.1, 0.15) is 76.1 Å². The second kappa shape index (κ2) is 15.3. The lowest BCUT2D eigenvalue weighted by Crippen LogP contribution is -2.54. The number of aliphatic hydroxyl groups excluding tert-OH is 1. The molecule has 220 valence electrons. The van der Waals surface area contributed by atoms with Gasteiger partial charge in [0.15, 0.2) is 0 Å². The van der Waals surface area contributed by atoms with E-state index in [1.165, 1.54) is 4.90 Å². The van der Waals surface area contributed by atoms with E-state index in [0.717, 1.165) is 30.4 Å². The smallest absolute Gasteiger partial charge is 0.408 e. The molecule has 0 bridgehead atoms. The van der Waals surface area contributed by atoms with Crippen LogP contribution >= 0.6 is 0 Å². The number of amides is 3. The van der Waals surface area contributed by atoms with E-state index in [2.05, 4.69) is 17.6 Å². The van der Waals surface area contributed by atoms with Crippen molar-refractivity contribution in [2.75, 3.05) is 25.6 Å². The van der Waals surface area contributed by atoms with Crippen molar-refractivity contribution in [3.63, 3.8) is 0 Å². The van der Waals surface area contributed by atoms with Gasteiger partial charge in [0.25, 0.3) is 5.91 Å². The van der Waals surface area contributed by atoms with Crippen LogP contribution in [0.4, 0.5) is 10.5 Å². The SMILES string of the molecule is CCCCCCN(C(=O)C(CO)NC(=O)OC(C)(C)C)C(C(=O)Nc1ccc(OC)cc1)c1c(C)cccc1C. The third kappa shape index (κ3) is 9.55. The highest BCUT2D eigenvalue weighted by Crippen LogP contribution is 2.30. The number of carbonyl (C=O) groups is 3. The lowest BCUT2D eigenvalue weighted by Gasteiger charge is -2.35. The molecule has 0 radical (unpaired) electrons. The topological polar surface area (TPSA) is 117 Å². The lowest BCUT2D eigenvalue weighted by atomic mass is 9.93. The summed E-state index contributed by atoms with van der Waals surface area (Å²) in [7, 11) is 1.56. The molecule has 0 saturated carbocycles. The molecule has 3 amide bonds. The van der Waals surface area contributed by atoms with E-state index in [0.29, 0.717) is 23.4 Å². The molecule has 2 atom stereocenters. The maximum Gasteiger partial charge on any atom is 0.408 e. The van der Waals surface area contributed by atoms with Gasteiger partial charge in [-0.25, -0.2) is 4.79 Å². The molecule has 9 heteroatoms. The molecule has 0 fully saturated rings. The van der Waals surface area contributed by atoms with Gasteiger partial charge in [-0.1, -0.05) is 44.4 Å². The summed E-state index contributed by atoms with van der Waals surface area (Å²) >= 11 is 0. The Morgan fingerprint density at radius 3 is 2.12 bits per heavy atom. The third-order valence-corrected chi connectivity index (χ3v) is 6.44. The van der Waals surface area contributed by atoms with E-state index >= 15 is 0 Å². The number of nitrogens with one attached hydrogen (secondary N) is 2. The summed E-state index contributed by atoms with van der Waals surface area (Å²) in [6.07, 6.45) is 2.68. The first kappa shape index (κ1) is 32.6. The van der Waals surface area contributed by atoms with Crippen LogP contribution in [0, 0.1) is 13.8 Å². The Morgan fingerprint density at radius 2 is 1.60 bits per heavy atom. The number of hydrogen-bond acceptors (Lipinski definition) is 6. The minimum atomic E-state index is -1.29. The fraction of sp³-hybridized carbons (Fsp3) is 0.516. The van der Waals surface area contributed by atoms with Crippen molar-refractivity contribution in [3.05, 3.63) is 59.2 Å². The Bertz CT molecular complexity index is 1110. The maximum atomic E-state index is 14.0. The standard InChI is InChI=1S/C31H45N3O6/c1-8-9-10-11-19-34(29(37)25(20-35)33-30(38)40-31(4,5)6)27(26-21(2)13-12-14-22(26)3)28(36)32-23-15-17-24(39-7)18-16-23/h12-18,25,27,35H,8-11,19-20H2,1-7H3,(H,32,36)(H,33,38). The highest BCUT2D eigenvalue weighted by molar-refractivity contribution is 5.99. The monoisotopic (exact) mass is 555 g/mol. The predicted molar refractivity (Wildman–Crippen MR) is 156 cm³/mol. The molecule has 2 unspecified atom stereocenters. The summed E-state index contributed by atoms with van der Waals surface area (Å²) in [6, 6.07) is 10.3. The molecule has 2 aromatic rings. The first-order chi connectivity index (χ1) is 18.9. The normalized spacial score (nSPS) is 12.7. The molecule has 2 rings (SSSR count). The number of anilines is 1. The molecule has 0 spiro atoms. The molecule has 0 saturated heterocycles. The maximum absolute atomic E-state index is 14.0. The van der Waals surface area contributed by atoms with E-state index in [9.17, 15) is 19.5 Å². The zero-order valence-electron chi connectivity index (χ0n) is 24.9. The number of aryl methyl sites for hydroxylation is 2. The van der Waals surface area contributed by atoms with E-state index in [-0.39, 0.29) is 6.54 Å². The van der Waals surface area contributed by atoms with Gasteiger partial charge in [0, 0.05) is 12.2 Å². The molecular formula is C31H45N3O6. The van der Waals surface area contributed by atoms with Crippen LogP contribution in [0.25, 0.3) is 0 Å². The van der Waals surface area contributed by atoms with Crippen molar-refractivity contribution in [2.24, 2.45) is 0 Å². The van der Waals surface area contributed by atoms with Gasteiger partial charge in [-0.05, 0) is 82.0 Å². The van der Waals surface area contributed by atoms with Crippen LogP contribution in [-0.2, 0) is 14.3 Å². The molecule has 0 aliphatic carbocycles. The van der Waals surface area contributed by atoms with Gasteiger partial charge < -0.3 is 30.1 Å². The van der Waals surface area contributed by atoms with Gasteiger partial charge >= 0.3 is 6.09 Å². The minimum Gasteiger partial charge on any atom is -0.497 e. The predicted octanol–water partition coefficient (Wildman–Crippen LogP) is 5.29. The van der Waals surface area contributed by atoms with Gasteiger partial charge in [0.1, 0.15) is 23.4 Å². The van der Waals surface area contributed by atoms with Crippen molar-refractivity contribution in [1.82, 2.24) is 10.2 Å². The number of rotatable bonds is 13. The zero-order chi connectivity index (χ0) is 29.9. The summed E-state index contributed by atoms with van der Waals surface area (Å²) in [4.78, 5) is 42.0. The zero-order valence-corrected chi connectivity index (χ0v) is 24.9. The number of methoxy groups -OCH3 is 1. The number of carbonyl (C=O) groups excluding carboxylic acids is 3. The van der Waals surface area contributed by atoms with E-state index in [1.807, 2.05) is 32.0 Å². The van der Waals surface area contributed by atoms with Crippen molar-refractivity contribution >= 4 is 23.6 Å². The summed E-state index contributed by atoms with van der Waals surface area (Å²) in [5.74, 6) is -0.321. The summed E-state index contributed by atoms with van der Waals surface area (Å²) in [6.45, 7) is 10.6. The molecule has 40 heavy (non-hydrogen) atoms. The Morgan fingerprint density at radius 1 is 0.975 bits per heavy atom. The number of ether oxygens (including phenoxy) is 2. The number of aliphatic hydroxyl groups is 1. The quantitative estimate of drug-likeness (QED) is 0.289. The second-order valence-corrected chi connectivity index (χ2v) is 10.9. The van der Waals surface area contributed by atoms with E-state index in [1.54, 1.807) is 52.1 Å². The Kier molecular flexibility index (Phi) is 12.4. The van der Waals surface area contributed by atoms with E-state index in [4.69, 9.17) is 9.47 Å². The van der Waals surface area contributed by atoms with Crippen LogP contribution < -0.4 is 15.4 Å². The second-order valence-electron chi connectivity index (χ2n) is 10.9. The van der Waals surface area contributed by atoms with Crippen molar-refractivity contribution in [2.45, 2.75) is 84.9 Å². The van der Waals surface area contributed by atoms with Crippen molar-refractivity contribution < 1.29 is 29.0 Å². The lowest BCUT2D eigenvalue weighted by molar-refractivity contribution is -0.141. The molecule has 2 aromatic carbocycles. The molecule has 0 aliphatic rings. The first-order valence-corrected chi connectivity index (χ1v) is 13.8. The highest BCUT2D eigenvalue weighted by atomic mass is 16.6. The van der Waals surface area contributed by atoms with Gasteiger partial charge in [0.2, 0.25) is 5.91 Å². The number of hydrogen-bond donors (Lipinski definition) is 3. The van der Waals surface area contributed by atoms with Gasteiger partial charge in [-0.15, -0.1) is 0 Å². The highest BCUT2D eigenvalue weighted by Gasteiger charge is 2.37. The average Bonchev–Trinajstić information content (AvgIpc) is 2.89. The fourth-order valence-electron chi connectivity index (χ4n) is 4.48. The Hall–Kier alpha value is -3.59. The fourth-order valence-corrected chi connectivity index (χ4v) is 4.48. The summed E-state index contributed by atoms with van der Waals surface area (Å²) < 4.78 is 10.5. The first-order valence-electron chi connectivity index (χ1n) is 13.8. The molecule has 3 N–H and O–H groups in total. The van der Waals surface area contributed by atoms with Crippen molar-refractivity contribution in [3.8, 4) is 5.75 Å². The van der Waals surface area contributed by atoms with Crippen LogP contribution in [-0.4, -0.2) is 59.8 Å². The molecular weight excluding hydrogens is 510 g/mol. The van der Waals surface area contributed by atoms with Crippen LogP contribution in [0.2, 0.25) is 0 Å². The van der Waals surface area contributed by atoms with Gasteiger partial charge in [-0.3, -0.25) is 9.59 Å². The Labute approximate surface area is 238 Å². The summed E-state index contributed by atoms with van der Waals surface area (Å²) in [5, 5.41) is 15.6. The van der Waals surface area contributed by atoms with Crippen LogP contribution in [0.5, 0.6) is 5.75 Å². The number of benzene rings is 2. The number of nitrogens with zero attached hydrogens (tertiary/aromatic N) is 1. The molecule has 9 nitrogen and oxygen atoms in total. The minimum absolute atomic E-state index is 0.264. The van der Waals surface area contributed by atoms with Crippen LogP contribution in [0.3, 0.4) is 0 Å². The van der Waals surface area contributed by atoms with Gasteiger partial charge in [0.05, 0.1) is 13.7 Å². The van der Waals surface area contributed by atoms with Crippen molar-refractivity contribution in [1.29, 1.82) is 0 Å². The molecule has 0 heterocycles.